The van der Waals surface area contributed by atoms with E-state index in [1.807, 2.05) is 35.2 Å². The SMILES string of the molecule is CCN(CC)c1nc(Nc2ccc(OCCCCCCC(=O)OC)cc2)nc2c1ncn2C1CCCCO1. The van der Waals surface area contributed by atoms with E-state index in [2.05, 4.69) is 33.8 Å². The van der Waals surface area contributed by atoms with E-state index in [9.17, 15) is 4.79 Å². The number of esters is 1. The van der Waals surface area contributed by atoms with Crippen LogP contribution in [0, 0.1) is 0 Å². The van der Waals surface area contributed by atoms with Crippen LogP contribution < -0.4 is 15.0 Å². The first-order chi connectivity index (χ1) is 18.6. The van der Waals surface area contributed by atoms with Crippen LogP contribution in [-0.4, -0.2) is 58.9 Å². The highest BCUT2D eigenvalue weighted by Crippen LogP contribution is 2.31. The molecule has 0 aliphatic carbocycles. The smallest absolute Gasteiger partial charge is 0.305 e. The number of carbonyl (C=O) groups excluding carboxylic acids is 1. The molecule has 38 heavy (non-hydrogen) atoms. The average molecular weight is 525 g/mol. The minimum atomic E-state index is -0.145. The second-order valence-corrected chi connectivity index (χ2v) is 9.43. The monoisotopic (exact) mass is 524 g/mol. The molecule has 1 atom stereocenters. The summed E-state index contributed by atoms with van der Waals surface area (Å²) in [5.41, 5.74) is 2.45. The van der Waals surface area contributed by atoms with Gasteiger partial charge in [-0.1, -0.05) is 12.8 Å². The van der Waals surface area contributed by atoms with Crippen LogP contribution >= 0.6 is 0 Å². The maximum atomic E-state index is 11.2. The molecule has 0 saturated carbocycles. The third-order valence-corrected chi connectivity index (χ3v) is 6.81. The van der Waals surface area contributed by atoms with Gasteiger partial charge in [0.05, 0.1) is 20.0 Å². The molecule has 1 saturated heterocycles. The van der Waals surface area contributed by atoms with Gasteiger partial charge in [0.1, 0.15) is 12.0 Å². The van der Waals surface area contributed by atoms with Crippen molar-refractivity contribution in [2.24, 2.45) is 0 Å². The predicted molar refractivity (Wildman–Crippen MR) is 148 cm³/mol. The van der Waals surface area contributed by atoms with E-state index in [1.165, 1.54) is 7.11 Å². The fourth-order valence-corrected chi connectivity index (χ4v) is 4.64. The maximum absolute atomic E-state index is 11.2. The number of carbonyl (C=O) groups is 1. The number of methoxy groups -OCH3 is 1. The van der Waals surface area contributed by atoms with Gasteiger partial charge in [-0.05, 0) is 70.2 Å². The Hall–Kier alpha value is -3.40. The van der Waals surface area contributed by atoms with E-state index in [-0.39, 0.29) is 12.2 Å². The summed E-state index contributed by atoms with van der Waals surface area (Å²) in [6, 6.07) is 7.84. The number of anilines is 3. The molecule has 1 N–H and O–H groups in total. The van der Waals surface area contributed by atoms with Crippen LogP contribution in [-0.2, 0) is 14.3 Å². The molecule has 1 unspecified atom stereocenters. The molecule has 2 aromatic heterocycles. The molecule has 206 valence electrons. The molecule has 0 spiro atoms. The second kappa shape index (κ2) is 13.9. The number of nitrogens with zero attached hydrogens (tertiary/aromatic N) is 5. The number of imidazole rings is 1. The van der Waals surface area contributed by atoms with Gasteiger partial charge >= 0.3 is 5.97 Å². The van der Waals surface area contributed by atoms with Gasteiger partial charge in [0.25, 0.3) is 0 Å². The van der Waals surface area contributed by atoms with Crippen LogP contribution in [0.2, 0.25) is 0 Å². The first-order valence-corrected chi connectivity index (χ1v) is 13.8. The van der Waals surface area contributed by atoms with Gasteiger partial charge in [-0.3, -0.25) is 9.36 Å². The lowest BCUT2D eigenvalue weighted by Gasteiger charge is -2.24. The molecule has 0 bridgehead atoms. The summed E-state index contributed by atoms with van der Waals surface area (Å²) in [5.74, 6) is 2.02. The number of nitrogens with one attached hydrogen (secondary N) is 1. The molecular weight excluding hydrogens is 484 g/mol. The largest absolute Gasteiger partial charge is 0.494 e. The number of ether oxygens (including phenoxy) is 3. The van der Waals surface area contributed by atoms with Gasteiger partial charge in [-0.15, -0.1) is 0 Å². The number of hydrogen-bond acceptors (Lipinski definition) is 9. The van der Waals surface area contributed by atoms with E-state index >= 15 is 0 Å². The predicted octanol–water partition coefficient (Wildman–Crippen LogP) is 5.62. The Morgan fingerprint density at radius 3 is 2.61 bits per heavy atom. The van der Waals surface area contributed by atoms with Crippen molar-refractivity contribution in [2.45, 2.75) is 71.4 Å². The van der Waals surface area contributed by atoms with Crippen molar-refractivity contribution in [1.82, 2.24) is 19.5 Å². The summed E-state index contributed by atoms with van der Waals surface area (Å²) >= 11 is 0. The van der Waals surface area contributed by atoms with Crippen LogP contribution in [0.1, 0.15) is 71.4 Å². The molecule has 0 amide bonds. The Morgan fingerprint density at radius 1 is 1.11 bits per heavy atom. The zero-order chi connectivity index (χ0) is 26.7. The number of rotatable bonds is 14. The minimum Gasteiger partial charge on any atom is -0.494 e. The van der Waals surface area contributed by atoms with E-state index in [0.717, 1.165) is 93.1 Å². The summed E-state index contributed by atoms with van der Waals surface area (Å²) in [6.07, 6.45) is 9.25. The molecule has 10 heteroatoms. The molecule has 10 nitrogen and oxygen atoms in total. The van der Waals surface area contributed by atoms with Gasteiger partial charge in [0.15, 0.2) is 17.0 Å². The van der Waals surface area contributed by atoms with E-state index in [1.54, 1.807) is 0 Å². The summed E-state index contributed by atoms with van der Waals surface area (Å²) in [7, 11) is 1.43. The number of aromatic nitrogens is 4. The van der Waals surface area contributed by atoms with Gasteiger partial charge in [-0.2, -0.15) is 9.97 Å². The number of benzene rings is 1. The summed E-state index contributed by atoms with van der Waals surface area (Å²) in [4.78, 5) is 27.7. The molecule has 0 radical (unpaired) electrons. The fraction of sp³-hybridized carbons (Fsp3) is 0.571. The number of unbranched alkanes of at least 4 members (excludes halogenated alkanes) is 3. The van der Waals surface area contributed by atoms with Gasteiger partial charge < -0.3 is 24.4 Å². The Labute approximate surface area is 224 Å². The molecule has 1 fully saturated rings. The lowest BCUT2D eigenvalue weighted by atomic mass is 10.1. The van der Waals surface area contributed by atoms with E-state index in [4.69, 9.17) is 19.4 Å². The Kier molecular flexibility index (Phi) is 10.1. The zero-order valence-electron chi connectivity index (χ0n) is 22.8. The molecule has 1 aliphatic rings. The van der Waals surface area contributed by atoms with Crippen molar-refractivity contribution in [3.8, 4) is 5.75 Å². The fourth-order valence-electron chi connectivity index (χ4n) is 4.64. The molecule has 3 heterocycles. The van der Waals surface area contributed by atoms with Crippen molar-refractivity contribution in [3.05, 3.63) is 30.6 Å². The van der Waals surface area contributed by atoms with Crippen molar-refractivity contribution in [1.29, 1.82) is 0 Å². The summed E-state index contributed by atoms with van der Waals surface area (Å²) in [5, 5.41) is 3.37. The van der Waals surface area contributed by atoms with Crippen LogP contribution in [0.3, 0.4) is 0 Å². The molecule has 1 aromatic carbocycles. The average Bonchev–Trinajstić information content (AvgIpc) is 3.38. The lowest BCUT2D eigenvalue weighted by Crippen LogP contribution is -2.24. The first-order valence-electron chi connectivity index (χ1n) is 13.8. The van der Waals surface area contributed by atoms with Crippen molar-refractivity contribution >= 4 is 34.6 Å². The number of hydrogen-bond donors (Lipinski definition) is 1. The molecule has 3 aromatic rings. The Bertz CT molecular complexity index is 1160. The quantitative estimate of drug-likeness (QED) is 0.213. The highest BCUT2D eigenvalue weighted by Gasteiger charge is 2.23. The van der Waals surface area contributed by atoms with Crippen LogP contribution in [0.15, 0.2) is 30.6 Å². The van der Waals surface area contributed by atoms with Crippen LogP contribution in [0.25, 0.3) is 11.2 Å². The third kappa shape index (κ3) is 7.12. The topological polar surface area (TPSA) is 104 Å². The maximum Gasteiger partial charge on any atom is 0.305 e. The lowest BCUT2D eigenvalue weighted by molar-refractivity contribution is -0.140. The minimum absolute atomic E-state index is 0.0506. The molecule has 4 rings (SSSR count). The Balaban J connectivity index is 1.40. The number of fused-ring (bicyclic) bond motifs is 1. The highest BCUT2D eigenvalue weighted by molar-refractivity contribution is 5.85. The van der Waals surface area contributed by atoms with Crippen molar-refractivity contribution in [2.75, 3.05) is 43.6 Å². The van der Waals surface area contributed by atoms with Gasteiger partial charge in [0.2, 0.25) is 5.95 Å². The van der Waals surface area contributed by atoms with Crippen LogP contribution in [0.4, 0.5) is 17.5 Å². The van der Waals surface area contributed by atoms with E-state index < -0.39 is 0 Å². The highest BCUT2D eigenvalue weighted by atomic mass is 16.5. The molecular formula is C28H40N6O4. The standard InChI is InChI=1S/C28H40N6O4/c1-4-33(5-2)26-25-27(34(20-29-25)23-12-9-11-19-38-23)32-28(31-26)30-21-14-16-22(17-15-21)37-18-10-7-6-8-13-24(35)36-3/h14-17,20,23H,4-13,18-19H2,1-3H3,(H,30,31,32). The van der Waals surface area contributed by atoms with Crippen molar-refractivity contribution < 1.29 is 19.0 Å². The summed E-state index contributed by atoms with van der Waals surface area (Å²) in [6.45, 7) is 7.29. The van der Waals surface area contributed by atoms with Gasteiger partial charge in [-0.25, -0.2) is 4.98 Å². The summed E-state index contributed by atoms with van der Waals surface area (Å²) < 4.78 is 18.6. The molecule has 1 aliphatic heterocycles. The third-order valence-electron chi connectivity index (χ3n) is 6.81. The second-order valence-electron chi connectivity index (χ2n) is 9.43. The van der Waals surface area contributed by atoms with Crippen LogP contribution in [0.5, 0.6) is 5.75 Å². The normalized spacial score (nSPS) is 15.4. The zero-order valence-corrected chi connectivity index (χ0v) is 22.8. The van der Waals surface area contributed by atoms with E-state index in [0.29, 0.717) is 19.0 Å². The van der Waals surface area contributed by atoms with Crippen molar-refractivity contribution in [3.63, 3.8) is 0 Å². The first kappa shape index (κ1) is 27.6. The Morgan fingerprint density at radius 2 is 1.89 bits per heavy atom. The van der Waals surface area contributed by atoms with Gasteiger partial charge in [0, 0.05) is 31.8 Å².